The highest BCUT2D eigenvalue weighted by atomic mass is 79.9. The fourth-order valence-electron chi connectivity index (χ4n) is 2.77. The minimum absolute atomic E-state index is 0.0122. The van der Waals surface area contributed by atoms with Crippen LogP contribution in [0.25, 0.3) is 0 Å². The summed E-state index contributed by atoms with van der Waals surface area (Å²) in [6.07, 6.45) is -0.168. The molecule has 0 saturated carbocycles. The van der Waals surface area contributed by atoms with Gasteiger partial charge in [-0.2, -0.15) is 0 Å². The molecule has 0 radical (unpaired) electrons. The van der Waals surface area contributed by atoms with Crippen molar-refractivity contribution in [1.82, 2.24) is 4.90 Å². The monoisotopic (exact) mass is 349 g/mol. The van der Waals surface area contributed by atoms with Crippen LogP contribution in [0.1, 0.15) is 30.4 Å². The lowest BCUT2D eigenvalue weighted by Crippen LogP contribution is -2.27. The van der Waals surface area contributed by atoms with Gasteiger partial charge in [0.25, 0.3) is 0 Å². The van der Waals surface area contributed by atoms with E-state index in [0.717, 1.165) is 15.6 Å². The molecule has 0 spiro atoms. The molecule has 1 fully saturated rings. The van der Waals surface area contributed by atoms with E-state index in [1.807, 2.05) is 25.2 Å². The van der Waals surface area contributed by atoms with E-state index in [9.17, 15) is 4.39 Å². The van der Waals surface area contributed by atoms with Crippen molar-refractivity contribution in [2.24, 2.45) is 0 Å². The van der Waals surface area contributed by atoms with Crippen LogP contribution >= 0.6 is 15.9 Å². The Morgan fingerprint density at radius 1 is 1.14 bits per heavy atom. The van der Waals surface area contributed by atoms with Crippen molar-refractivity contribution in [3.05, 3.63) is 69.9 Å². The van der Waals surface area contributed by atoms with Crippen LogP contribution in [0.3, 0.4) is 0 Å². The Morgan fingerprint density at radius 2 is 1.86 bits per heavy atom. The molecule has 21 heavy (non-hydrogen) atoms. The van der Waals surface area contributed by atoms with Gasteiger partial charge in [-0.3, -0.25) is 4.90 Å². The Bertz CT molecular complexity index is 634. The maximum atomic E-state index is 13.3. The molecule has 0 aromatic heterocycles. The second-order valence-corrected chi connectivity index (χ2v) is 6.25. The predicted octanol–water partition coefficient (Wildman–Crippen LogP) is 4.68. The second-order valence-electron chi connectivity index (χ2n) is 5.39. The van der Waals surface area contributed by atoms with Crippen molar-refractivity contribution < 1.29 is 9.13 Å². The van der Waals surface area contributed by atoms with Crippen molar-refractivity contribution in [2.45, 2.75) is 25.3 Å². The minimum atomic E-state index is -0.251. The standard InChI is InChI=1S/C17H17BrFNO/c1-11-16(12-6-4-3-5-7-12)21-17(20(11)2)14-9-8-13(19)10-15(14)18/h3-11,16-17H,1-2H3/t11-,16+,17?/m1/s1. The van der Waals surface area contributed by atoms with E-state index in [1.54, 1.807) is 6.07 Å². The normalized spacial score (nSPS) is 26.2. The minimum Gasteiger partial charge on any atom is -0.349 e. The Kier molecular flexibility index (Phi) is 4.11. The molecule has 1 aliphatic heterocycles. The maximum Gasteiger partial charge on any atom is 0.138 e. The highest BCUT2D eigenvalue weighted by molar-refractivity contribution is 9.10. The van der Waals surface area contributed by atoms with E-state index in [-0.39, 0.29) is 24.2 Å². The van der Waals surface area contributed by atoms with Gasteiger partial charge in [0.15, 0.2) is 0 Å². The molecule has 3 rings (SSSR count). The van der Waals surface area contributed by atoms with Crippen LogP contribution in [0.4, 0.5) is 4.39 Å². The largest absolute Gasteiger partial charge is 0.349 e. The fourth-order valence-corrected chi connectivity index (χ4v) is 3.32. The molecule has 3 atom stereocenters. The maximum absolute atomic E-state index is 13.3. The van der Waals surface area contributed by atoms with Crippen molar-refractivity contribution in [2.75, 3.05) is 7.05 Å². The van der Waals surface area contributed by atoms with Gasteiger partial charge in [-0.15, -0.1) is 0 Å². The topological polar surface area (TPSA) is 12.5 Å². The Labute approximate surface area is 132 Å². The molecule has 2 aromatic carbocycles. The van der Waals surface area contributed by atoms with Gasteiger partial charge in [-0.05, 0) is 31.7 Å². The van der Waals surface area contributed by atoms with Gasteiger partial charge in [0.2, 0.25) is 0 Å². The average molecular weight is 350 g/mol. The number of benzene rings is 2. The van der Waals surface area contributed by atoms with Gasteiger partial charge >= 0.3 is 0 Å². The lowest BCUT2D eigenvalue weighted by molar-refractivity contribution is 0.00508. The first-order chi connectivity index (χ1) is 10.1. The number of nitrogens with zero attached hydrogens (tertiary/aromatic N) is 1. The number of ether oxygens (including phenoxy) is 1. The molecular weight excluding hydrogens is 333 g/mol. The first-order valence-corrected chi connectivity index (χ1v) is 7.74. The van der Waals surface area contributed by atoms with E-state index in [4.69, 9.17) is 4.74 Å². The molecule has 1 aliphatic rings. The first kappa shape index (κ1) is 14.7. The van der Waals surface area contributed by atoms with E-state index >= 15 is 0 Å². The molecule has 110 valence electrons. The first-order valence-electron chi connectivity index (χ1n) is 6.95. The summed E-state index contributed by atoms with van der Waals surface area (Å²) in [6, 6.07) is 15.2. The van der Waals surface area contributed by atoms with Crippen molar-refractivity contribution in [3.8, 4) is 0 Å². The highest BCUT2D eigenvalue weighted by Gasteiger charge is 2.39. The summed E-state index contributed by atoms with van der Waals surface area (Å²) in [7, 11) is 2.04. The van der Waals surface area contributed by atoms with Gasteiger partial charge in [0.1, 0.15) is 18.1 Å². The summed E-state index contributed by atoms with van der Waals surface area (Å²) in [5.74, 6) is -0.251. The SMILES string of the molecule is C[C@@H]1[C@@H](c2ccccc2)OC(c2ccc(F)cc2Br)N1C. The van der Waals surface area contributed by atoms with Crippen LogP contribution < -0.4 is 0 Å². The van der Waals surface area contributed by atoms with Crippen LogP contribution in [0.15, 0.2) is 53.0 Å². The van der Waals surface area contributed by atoms with Crippen LogP contribution in [0, 0.1) is 5.82 Å². The number of halogens is 2. The average Bonchev–Trinajstić information content (AvgIpc) is 2.77. The van der Waals surface area contributed by atoms with Crippen molar-refractivity contribution in [3.63, 3.8) is 0 Å². The quantitative estimate of drug-likeness (QED) is 0.780. The zero-order valence-electron chi connectivity index (χ0n) is 12.0. The second kappa shape index (κ2) is 5.87. The molecular formula is C17H17BrFNO. The summed E-state index contributed by atoms with van der Waals surface area (Å²) in [6.45, 7) is 2.15. The smallest absolute Gasteiger partial charge is 0.138 e. The van der Waals surface area contributed by atoms with E-state index in [2.05, 4.69) is 39.9 Å². The third kappa shape index (κ3) is 2.76. The molecule has 1 unspecified atom stereocenters. The number of likely N-dealkylation sites (N-methyl/N-ethyl adjacent to an activating group) is 1. The van der Waals surface area contributed by atoms with Crippen LogP contribution in [0.5, 0.6) is 0 Å². The van der Waals surface area contributed by atoms with E-state index in [0.29, 0.717) is 0 Å². The summed E-state index contributed by atoms with van der Waals surface area (Å²) in [5, 5.41) is 0. The molecule has 2 aromatic rings. The zero-order valence-corrected chi connectivity index (χ0v) is 13.5. The van der Waals surface area contributed by atoms with Gasteiger partial charge < -0.3 is 4.74 Å². The molecule has 0 amide bonds. The molecule has 0 bridgehead atoms. The van der Waals surface area contributed by atoms with Gasteiger partial charge in [-0.25, -0.2) is 4.39 Å². The van der Waals surface area contributed by atoms with Gasteiger partial charge in [0, 0.05) is 16.1 Å². The van der Waals surface area contributed by atoms with Crippen molar-refractivity contribution in [1.29, 1.82) is 0 Å². The Morgan fingerprint density at radius 3 is 2.52 bits per heavy atom. The van der Waals surface area contributed by atoms with E-state index in [1.165, 1.54) is 12.1 Å². The molecule has 2 nitrogen and oxygen atoms in total. The Balaban J connectivity index is 1.92. The molecule has 1 heterocycles. The third-order valence-corrected chi connectivity index (χ3v) is 4.77. The lowest BCUT2D eigenvalue weighted by atomic mass is 10.0. The summed E-state index contributed by atoms with van der Waals surface area (Å²) < 4.78 is 20.3. The third-order valence-electron chi connectivity index (χ3n) is 4.08. The number of hydrogen-bond acceptors (Lipinski definition) is 2. The van der Waals surface area contributed by atoms with Crippen LogP contribution in [-0.4, -0.2) is 18.0 Å². The lowest BCUT2D eigenvalue weighted by Gasteiger charge is -2.22. The van der Waals surface area contributed by atoms with Crippen LogP contribution in [0.2, 0.25) is 0 Å². The summed E-state index contributed by atoms with van der Waals surface area (Å²) >= 11 is 3.43. The van der Waals surface area contributed by atoms with E-state index < -0.39 is 0 Å². The van der Waals surface area contributed by atoms with Crippen molar-refractivity contribution >= 4 is 15.9 Å². The molecule has 0 aliphatic carbocycles. The van der Waals surface area contributed by atoms with Gasteiger partial charge in [0.05, 0.1) is 0 Å². The summed E-state index contributed by atoms with van der Waals surface area (Å²) in [4.78, 5) is 2.18. The van der Waals surface area contributed by atoms with Crippen LogP contribution in [-0.2, 0) is 4.74 Å². The molecule has 0 N–H and O–H groups in total. The number of hydrogen-bond donors (Lipinski definition) is 0. The predicted molar refractivity (Wildman–Crippen MR) is 84.3 cm³/mol. The fraction of sp³-hybridized carbons (Fsp3) is 0.294. The molecule has 1 saturated heterocycles. The zero-order chi connectivity index (χ0) is 15.0. The molecule has 4 heteroatoms. The Hall–Kier alpha value is -1.23. The highest BCUT2D eigenvalue weighted by Crippen LogP contribution is 2.42. The number of rotatable bonds is 2. The van der Waals surface area contributed by atoms with Gasteiger partial charge in [-0.1, -0.05) is 52.3 Å². The summed E-state index contributed by atoms with van der Waals surface area (Å²) in [5.41, 5.74) is 2.11.